The number of ether oxygens (including phenoxy) is 2. The zero-order chi connectivity index (χ0) is 14.0. The van der Waals surface area contributed by atoms with E-state index in [2.05, 4.69) is 0 Å². The fraction of sp³-hybridized carbons (Fsp3) is 0.417. The van der Waals surface area contributed by atoms with Crippen LogP contribution in [0.5, 0.6) is 5.75 Å². The minimum atomic E-state index is -0.592. The average Bonchev–Trinajstić information content (AvgIpc) is 3.17. The molecular weight excluding hydrogens is 252 g/mol. The van der Waals surface area contributed by atoms with Crippen molar-refractivity contribution in [3.05, 3.63) is 28.3 Å². The summed E-state index contributed by atoms with van der Waals surface area (Å²) in [5.41, 5.74) is 4.76. The summed E-state index contributed by atoms with van der Waals surface area (Å²) in [7, 11) is 1.33. The highest BCUT2D eigenvalue weighted by atomic mass is 16.6. The number of nitro groups is 1. The quantitative estimate of drug-likeness (QED) is 0.375. The molecule has 1 aliphatic carbocycles. The highest BCUT2D eigenvalue weighted by molar-refractivity contribution is 5.79. The summed E-state index contributed by atoms with van der Waals surface area (Å²) in [6.07, 6.45) is 1.41. The minimum Gasteiger partial charge on any atom is -0.492 e. The van der Waals surface area contributed by atoms with Crippen LogP contribution >= 0.6 is 0 Å². The fourth-order valence-electron chi connectivity index (χ4n) is 1.77. The SMILES string of the molecule is COC(=O)C1(COc2ccc(N)c([N+](=O)[O-])c2)CC1. The summed E-state index contributed by atoms with van der Waals surface area (Å²) in [4.78, 5) is 21.7. The molecule has 2 N–H and O–H groups in total. The molecule has 102 valence electrons. The molecule has 1 saturated carbocycles. The number of anilines is 1. The number of hydrogen-bond donors (Lipinski definition) is 1. The molecule has 0 amide bonds. The third-order valence-corrected chi connectivity index (χ3v) is 3.19. The van der Waals surface area contributed by atoms with Gasteiger partial charge in [-0.05, 0) is 25.0 Å². The van der Waals surface area contributed by atoms with E-state index in [1.807, 2.05) is 0 Å². The summed E-state index contributed by atoms with van der Waals surface area (Å²) in [5, 5.41) is 10.7. The molecule has 0 aliphatic heterocycles. The highest BCUT2D eigenvalue weighted by Gasteiger charge is 2.52. The van der Waals surface area contributed by atoms with Crippen molar-refractivity contribution in [1.29, 1.82) is 0 Å². The predicted molar refractivity (Wildman–Crippen MR) is 66.7 cm³/mol. The van der Waals surface area contributed by atoms with Gasteiger partial charge in [-0.2, -0.15) is 0 Å². The second-order valence-corrected chi connectivity index (χ2v) is 4.54. The predicted octanol–water partition coefficient (Wildman–Crippen LogP) is 1.51. The Bertz CT molecular complexity index is 525. The zero-order valence-corrected chi connectivity index (χ0v) is 10.4. The fourth-order valence-corrected chi connectivity index (χ4v) is 1.77. The van der Waals surface area contributed by atoms with Crippen LogP contribution in [0.4, 0.5) is 11.4 Å². The van der Waals surface area contributed by atoms with Crippen molar-refractivity contribution >= 4 is 17.3 Å². The molecule has 19 heavy (non-hydrogen) atoms. The molecule has 0 unspecified atom stereocenters. The monoisotopic (exact) mass is 266 g/mol. The van der Waals surface area contributed by atoms with E-state index in [4.69, 9.17) is 15.2 Å². The second kappa shape index (κ2) is 4.75. The van der Waals surface area contributed by atoms with Gasteiger partial charge in [0.05, 0.1) is 18.1 Å². The lowest BCUT2D eigenvalue weighted by Crippen LogP contribution is -2.24. The van der Waals surface area contributed by atoms with E-state index in [1.54, 1.807) is 0 Å². The lowest BCUT2D eigenvalue weighted by Gasteiger charge is -2.13. The van der Waals surface area contributed by atoms with Crippen molar-refractivity contribution in [2.45, 2.75) is 12.8 Å². The van der Waals surface area contributed by atoms with E-state index in [0.717, 1.165) is 0 Å². The highest BCUT2D eigenvalue weighted by Crippen LogP contribution is 2.47. The van der Waals surface area contributed by atoms with E-state index in [-0.39, 0.29) is 24.0 Å². The maximum atomic E-state index is 11.5. The standard InChI is InChI=1S/C12H14N2O5/c1-18-11(15)12(4-5-12)7-19-8-2-3-9(13)10(6-8)14(16)17/h2-3,6H,4-5,7,13H2,1H3. The molecule has 7 heteroatoms. The van der Waals surface area contributed by atoms with Gasteiger partial charge in [0, 0.05) is 0 Å². The third kappa shape index (κ3) is 2.59. The summed E-state index contributed by atoms with van der Waals surface area (Å²) < 4.78 is 10.1. The molecule has 1 aliphatic rings. The Morgan fingerprint density at radius 1 is 1.53 bits per heavy atom. The molecule has 0 saturated heterocycles. The van der Waals surface area contributed by atoms with Gasteiger partial charge in [-0.25, -0.2) is 0 Å². The molecule has 0 bridgehead atoms. The van der Waals surface area contributed by atoms with Crippen molar-refractivity contribution in [3.8, 4) is 5.75 Å². The van der Waals surface area contributed by atoms with E-state index >= 15 is 0 Å². The lowest BCUT2D eigenvalue weighted by atomic mass is 10.1. The molecule has 1 fully saturated rings. The second-order valence-electron chi connectivity index (χ2n) is 4.54. The lowest BCUT2D eigenvalue weighted by molar-refractivity contribution is -0.384. The van der Waals surface area contributed by atoms with Crippen molar-refractivity contribution < 1.29 is 19.2 Å². The van der Waals surface area contributed by atoms with E-state index in [1.165, 1.54) is 25.3 Å². The van der Waals surface area contributed by atoms with Crippen LogP contribution in [-0.2, 0) is 9.53 Å². The number of hydrogen-bond acceptors (Lipinski definition) is 6. The summed E-state index contributed by atoms with van der Waals surface area (Å²) in [5.74, 6) is 0.00789. The molecule has 0 aromatic heterocycles. The van der Waals surface area contributed by atoms with Gasteiger partial charge in [0.2, 0.25) is 0 Å². The van der Waals surface area contributed by atoms with Gasteiger partial charge in [0.15, 0.2) is 0 Å². The first kappa shape index (κ1) is 13.1. The van der Waals surface area contributed by atoms with E-state index in [0.29, 0.717) is 18.6 Å². The van der Waals surface area contributed by atoms with E-state index < -0.39 is 10.3 Å². The Balaban J connectivity index is 2.07. The number of carbonyl (C=O) groups is 1. The number of nitrogens with zero attached hydrogens (tertiary/aromatic N) is 1. The molecule has 7 nitrogen and oxygen atoms in total. The Morgan fingerprint density at radius 3 is 2.74 bits per heavy atom. The zero-order valence-electron chi connectivity index (χ0n) is 10.4. The molecule has 2 rings (SSSR count). The molecule has 0 heterocycles. The maximum absolute atomic E-state index is 11.5. The van der Waals surface area contributed by atoms with Gasteiger partial charge < -0.3 is 15.2 Å². The van der Waals surface area contributed by atoms with Crippen LogP contribution in [0.25, 0.3) is 0 Å². The Labute approximate surface area is 109 Å². The number of nitrogen functional groups attached to an aromatic ring is 1. The first-order valence-corrected chi connectivity index (χ1v) is 5.74. The molecule has 0 radical (unpaired) electrons. The van der Waals surface area contributed by atoms with Gasteiger partial charge in [-0.1, -0.05) is 0 Å². The van der Waals surface area contributed by atoms with Crippen LogP contribution in [0.3, 0.4) is 0 Å². The summed E-state index contributed by atoms with van der Waals surface area (Å²) >= 11 is 0. The third-order valence-electron chi connectivity index (χ3n) is 3.19. The molecule has 0 spiro atoms. The number of nitrogens with two attached hydrogens (primary N) is 1. The van der Waals surface area contributed by atoms with E-state index in [9.17, 15) is 14.9 Å². The Hall–Kier alpha value is -2.31. The number of esters is 1. The van der Waals surface area contributed by atoms with Crippen LogP contribution < -0.4 is 10.5 Å². The Kier molecular flexibility index (Phi) is 3.28. The van der Waals surface area contributed by atoms with Crippen LogP contribution in [-0.4, -0.2) is 24.6 Å². The summed E-state index contributed by atoms with van der Waals surface area (Å²) in [6.45, 7) is 0.154. The number of carbonyl (C=O) groups excluding carboxylic acids is 1. The first-order valence-electron chi connectivity index (χ1n) is 5.74. The van der Waals surface area contributed by atoms with Gasteiger partial charge in [-0.3, -0.25) is 14.9 Å². The summed E-state index contributed by atoms with van der Waals surface area (Å²) in [6, 6.07) is 4.20. The normalized spacial score (nSPS) is 15.6. The van der Waals surface area contributed by atoms with Crippen LogP contribution in [0.15, 0.2) is 18.2 Å². The van der Waals surface area contributed by atoms with Gasteiger partial charge in [0.25, 0.3) is 5.69 Å². The number of rotatable bonds is 5. The molecular formula is C12H14N2O5. The van der Waals surface area contributed by atoms with Crippen LogP contribution in [0.1, 0.15) is 12.8 Å². The average molecular weight is 266 g/mol. The maximum Gasteiger partial charge on any atom is 0.315 e. The van der Waals surface area contributed by atoms with Crippen molar-refractivity contribution in [2.75, 3.05) is 19.5 Å². The Morgan fingerprint density at radius 2 is 2.21 bits per heavy atom. The molecule has 0 atom stereocenters. The van der Waals surface area contributed by atoms with Gasteiger partial charge in [0.1, 0.15) is 23.5 Å². The first-order chi connectivity index (χ1) is 8.98. The number of methoxy groups -OCH3 is 1. The number of nitro benzene ring substituents is 1. The number of benzene rings is 1. The van der Waals surface area contributed by atoms with Crippen LogP contribution in [0, 0.1) is 15.5 Å². The van der Waals surface area contributed by atoms with Gasteiger partial charge >= 0.3 is 5.97 Å². The minimum absolute atomic E-state index is 0.0754. The van der Waals surface area contributed by atoms with Gasteiger partial charge in [-0.15, -0.1) is 0 Å². The van der Waals surface area contributed by atoms with Crippen LogP contribution in [0.2, 0.25) is 0 Å². The molecule has 1 aromatic carbocycles. The van der Waals surface area contributed by atoms with Crippen molar-refractivity contribution in [2.24, 2.45) is 5.41 Å². The largest absolute Gasteiger partial charge is 0.492 e. The van der Waals surface area contributed by atoms with Crippen molar-refractivity contribution in [3.63, 3.8) is 0 Å². The smallest absolute Gasteiger partial charge is 0.315 e. The van der Waals surface area contributed by atoms with Crippen molar-refractivity contribution in [1.82, 2.24) is 0 Å². The molecule has 1 aromatic rings. The topological polar surface area (TPSA) is 105 Å².